The van der Waals surface area contributed by atoms with Gasteiger partial charge in [-0.3, -0.25) is 4.79 Å². The third kappa shape index (κ3) is 3.49. The molecule has 0 N–H and O–H groups in total. The van der Waals surface area contributed by atoms with Gasteiger partial charge in [0.1, 0.15) is 0 Å². The third-order valence-electron chi connectivity index (χ3n) is 10.4. The number of fused-ring (bicyclic) bond motifs is 5. The largest absolute Gasteiger partial charge is 0.295 e. The molecule has 4 aliphatic rings. The SMILES string of the molecule is CC(C)[C@@H](C)/C=C/[C@@H](C)[C@H]1CC[C@@H]2[C@H]3CCC4=CC(=O)CC[C@]4(C)[C@@H]3CC[C@]21C. The minimum absolute atomic E-state index is 0.314. The van der Waals surface area contributed by atoms with Crippen molar-refractivity contribution in [1.29, 1.82) is 0 Å². The predicted molar refractivity (Wildman–Crippen MR) is 123 cm³/mol. The van der Waals surface area contributed by atoms with Crippen molar-refractivity contribution in [3.63, 3.8) is 0 Å². The molecule has 3 fully saturated rings. The lowest BCUT2D eigenvalue weighted by atomic mass is 9.46. The van der Waals surface area contributed by atoms with Crippen LogP contribution >= 0.6 is 0 Å². The predicted octanol–water partition coefficient (Wildman–Crippen LogP) is 7.62. The molecule has 0 spiro atoms. The quantitative estimate of drug-likeness (QED) is 0.447. The van der Waals surface area contributed by atoms with E-state index in [1.165, 1.54) is 44.1 Å². The zero-order valence-electron chi connectivity index (χ0n) is 19.8. The Labute approximate surface area is 179 Å². The summed E-state index contributed by atoms with van der Waals surface area (Å²) >= 11 is 0. The van der Waals surface area contributed by atoms with E-state index >= 15 is 0 Å². The fourth-order valence-corrected chi connectivity index (χ4v) is 8.17. The van der Waals surface area contributed by atoms with Gasteiger partial charge in [-0.1, -0.05) is 59.3 Å². The molecule has 4 aliphatic carbocycles. The van der Waals surface area contributed by atoms with Gasteiger partial charge in [0.25, 0.3) is 0 Å². The first kappa shape index (κ1) is 21.4. The summed E-state index contributed by atoms with van der Waals surface area (Å²) in [7, 11) is 0. The summed E-state index contributed by atoms with van der Waals surface area (Å²) in [6.07, 6.45) is 17.2. The second kappa shape index (κ2) is 7.69. The lowest BCUT2D eigenvalue weighted by molar-refractivity contribution is -0.117. The highest BCUT2D eigenvalue weighted by atomic mass is 16.1. The van der Waals surface area contributed by atoms with Gasteiger partial charge in [0.2, 0.25) is 0 Å². The first-order valence-corrected chi connectivity index (χ1v) is 12.6. The number of rotatable bonds is 4. The van der Waals surface area contributed by atoms with Gasteiger partial charge in [-0.25, -0.2) is 0 Å². The van der Waals surface area contributed by atoms with Gasteiger partial charge in [-0.05, 0) is 103 Å². The van der Waals surface area contributed by atoms with Crippen molar-refractivity contribution in [1.82, 2.24) is 0 Å². The second-order valence-corrected chi connectivity index (χ2v) is 12.0. The monoisotopic (exact) mass is 396 g/mol. The lowest BCUT2D eigenvalue weighted by Gasteiger charge is -2.58. The molecule has 0 aliphatic heterocycles. The molecule has 0 aromatic rings. The van der Waals surface area contributed by atoms with Crippen LogP contribution in [-0.4, -0.2) is 5.78 Å². The Morgan fingerprint density at radius 2 is 1.69 bits per heavy atom. The number of allylic oxidation sites excluding steroid dienone is 3. The highest BCUT2D eigenvalue weighted by Gasteiger charge is 2.59. The first-order chi connectivity index (χ1) is 13.7. The van der Waals surface area contributed by atoms with Crippen LogP contribution in [0.3, 0.4) is 0 Å². The summed E-state index contributed by atoms with van der Waals surface area (Å²) < 4.78 is 0. The molecule has 29 heavy (non-hydrogen) atoms. The average Bonchev–Trinajstić information content (AvgIpc) is 3.03. The van der Waals surface area contributed by atoms with E-state index in [9.17, 15) is 4.79 Å². The van der Waals surface area contributed by atoms with Crippen LogP contribution in [0, 0.1) is 52.3 Å². The van der Waals surface area contributed by atoms with Gasteiger partial charge < -0.3 is 0 Å². The molecule has 0 bridgehead atoms. The number of hydrogen-bond donors (Lipinski definition) is 0. The van der Waals surface area contributed by atoms with Crippen molar-refractivity contribution in [2.24, 2.45) is 52.3 Å². The zero-order valence-corrected chi connectivity index (χ0v) is 19.8. The zero-order chi connectivity index (χ0) is 21.0. The van der Waals surface area contributed by atoms with Crippen LogP contribution in [0.2, 0.25) is 0 Å². The van der Waals surface area contributed by atoms with Gasteiger partial charge in [0, 0.05) is 6.42 Å². The molecule has 0 aromatic carbocycles. The van der Waals surface area contributed by atoms with Gasteiger partial charge >= 0.3 is 0 Å². The summed E-state index contributed by atoms with van der Waals surface area (Å²) in [6, 6.07) is 0. The fraction of sp³-hybridized carbons (Fsp3) is 0.821. The third-order valence-corrected chi connectivity index (χ3v) is 10.4. The molecule has 162 valence electrons. The number of carbonyl (C=O) groups excluding carboxylic acids is 1. The minimum Gasteiger partial charge on any atom is -0.295 e. The van der Waals surface area contributed by atoms with Crippen molar-refractivity contribution >= 4 is 5.78 Å². The van der Waals surface area contributed by atoms with Crippen LogP contribution in [0.4, 0.5) is 0 Å². The molecule has 1 nitrogen and oxygen atoms in total. The van der Waals surface area contributed by atoms with Crippen molar-refractivity contribution in [3.8, 4) is 0 Å². The van der Waals surface area contributed by atoms with Gasteiger partial charge in [0.05, 0.1) is 0 Å². The molecule has 0 aromatic heterocycles. The van der Waals surface area contributed by atoms with E-state index in [1.807, 2.05) is 6.08 Å². The van der Waals surface area contributed by atoms with Crippen LogP contribution in [0.5, 0.6) is 0 Å². The van der Waals surface area contributed by atoms with E-state index < -0.39 is 0 Å². The van der Waals surface area contributed by atoms with Crippen LogP contribution in [0.15, 0.2) is 23.8 Å². The van der Waals surface area contributed by atoms with Crippen molar-refractivity contribution in [2.45, 2.75) is 92.9 Å². The summed E-state index contributed by atoms with van der Waals surface area (Å²) in [4.78, 5) is 12.0. The number of ketones is 1. The van der Waals surface area contributed by atoms with Crippen molar-refractivity contribution in [3.05, 3.63) is 23.8 Å². The smallest absolute Gasteiger partial charge is 0.155 e. The van der Waals surface area contributed by atoms with E-state index in [1.54, 1.807) is 0 Å². The highest BCUT2D eigenvalue weighted by molar-refractivity contribution is 5.91. The molecular weight excluding hydrogens is 352 g/mol. The summed E-state index contributed by atoms with van der Waals surface area (Å²) in [5.41, 5.74) is 2.34. The van der Waals surface area contributed by atoms with Crippen LogP contribution < -0.4 is 0 Å². The Morgan fingerprint density at radius 1 is 0.931 bits per heavy atom. The molecule has 0 amide bonds. The van der Waals surface area contributed by atoms with Crippen LogP contribution in [0.25, 0.3) is 0 Å². The van der Waals surface area contributed by atoms with Crippen molar-refractivity contribution in [2.75, 3.05) is 0 Å². The molecule has 0 heterocycles. The van der Waals surface area contributed by atoms with Gasteiger partial charge in [0.15, 0.2) is 5.78 Å². The molecule has 8 atom stereocenters. The summed E-state index contributed by atoms with van der Waals surface area (Å²) in [6.45, 7) is 14.7. The van der Waals surface area contributed by atoms with E-state index in [0.29, 0.717) is 28.4 Å². The molecular formula is C28H44O. The first-order valence-electron chi connectivity index (χ1n) is 12.6. The van der Waals surface area contributed by atoms with E-state index in [0.717, 1.165) is 42.4 Å². The summed E-state index contributed by atoms with van der Waals surface area (Å²) in [5, 5.41) is 0. The fourth-order valence-electron chi connectivity index (χ4n) is 8.17. The Bertz CT molecular complexity index is 699. The van der Waals surface area contributed by atoms with E-state index in [4.69, 9.17) is 0 Å². The number of carbonyl (C=O) groups is 1. The minimum atomic E-state index is 0.314. The van der Waals surface area contributed by atoms with Crippen LogP contribution in [-0.2, 0) is 4.79 Å². The lowest BCUT2D eigenvalue weighted by Crippen LogP contribution is -2.50. The molecule has 4 rings (SSSR count). The maximum atomic E-state index is 12.0. The maximum absolute atomic E-state index is 12.0. The number of hydrogen-bond acceptors (Lipinski definition) is 1. The second-order valence-electron chi connectivity index (χ2n) is 12.0. The normalized spacial score (nSPS) is 44.2. The van der Waals surface area contributed by atoms with Gasteiger partial charge in [-0.15, -0.1) is 0 Å². The summed E-state index contributed by atoms with van der Waals surface area (Å²) in [5.74, 6) is 5.95. The Hall–Kier alpha value is -0.850. The Morgan fingerprint density at radius 3 is 2.41 bits per heavy atom. The van der Waals surface area contributed by atoms with E-state index in [2.05, 4.69) is 53.7 Å². The molecule has 0 saturated heterocycles. The van der Waals surface area contributed by atoms with Crippen molar-refractivity contribution < 1.29 is 4.79 Å². The average molecular weight is 397 g/mol. The molecule has 0 unspecified atom stereocenters. The Balaban J connectivity index is 1.53. The highest BCUT2D eigenvalue weighted by Crippen LogP contribution is 2.67. The molecule has 3 saturated carbocycles. The molecule has 0 radical (unpaired) electrons. The maximum Gasteiger partial charge on any atom is 0.155 e. The standard InChI is InChI=1S/C28H44O/c1-18(2)19(3)7-8-20(4)24-11-12-25-23-10-9-21-17-22(29)13-15-27(21,5)26(23)14-16-28(24,25)6/h7-8,17-20,23-26H,9-16H2,1-6H3/b8-7+/t19-,20+,23+,24+,25+,26+,27-,28-/m0/s1. The van der Waals surface area contributed by atoms with E-state index in [-0.39, 0.29) is 0 Å². The van der Waals surface area contributed by atoms with Gasteiger partial charge in [-0.2, -0.15) is 0 Å². The Kier molecular flexibility index (Phi) is 5.67. The van der Waals surface area contributed by atoms with Crippen LogP contribution in [0.1, 0.15) is 92.9 Å². The topological polar surface area (TPSA) is 17.1 Å². The molecule has 1 heteroatoms.